The summed E-state index contributed by atoms with van der Waals surface area (Å²) in [5, 5.41) is 1.25. The lowest BCUT2D eigenvalue weighted by molar-refractivity contribution is -0.873. The molecule has 35 heavy (non-hydrogen) atoms. The Balaban J connectivity index is 1.47. The van der Waals surface area contributed by atoms with E-state index in [-0.39, 0.29) is 0 Å². The van der Waals surface area contributed by atoms with E-state index >= 15 is 0 Å². The molecule has 2 heterocycles. The summed E-state index contributed by atoms with van der Waals surface area (Å²) in [7, 11) is 10.8. The molecule has 0 atom stereocenters. The third kappa shape index (κ3) is 6.71. The van der Waals surface area contributed by atoms with Crippen LogP contribution in [0.4, 0.5) is 5.69 Å². The summed E-state index contributed by atoms with van der Waals surface area (Å²) < 4.78 is 9.37. The fraction of sp³-hybridized carbons (Fsp3) is 0.258. The first-order valence-corrected chi connectivity index (χ1v) is 12.2. The van der Waals surface area contributed by atoms with Crippen molar-refractivity contribution in [3.8, 4) is 0 Å². The van der Waals surface area contributed by atoms with Crippen LogP contribution in [0.3, 0.4) is 0 Å². The zero-order valence-electron chi connectivity index (χ0n) is 21.6. The lowest BCUT2D eigenvalue weighted by atomic mass is 10.1. The van der Waals surface area contributed by atoms with Gasteiger partial charge in [0.1, 0.15) is 11.5 Å². The number of para-hydroxylation sites is 1. The quantitative estimate of drug-likeness (QED) is 0.215. The first-order valence-electron chi connectivity index (χ1n) is 12.2. The minimum absolute atomic E-state index is 0.842. The molecule has 0 saturated heterocycles. The summed E-state index contributed by atoms with van der Waals surface area (Å²) in [6.45, 7) is 2.17. The topological polar surface area (TPSA) is 20.3 Å². The van der Waals surface area contributed by atoms with Gasteiger partial charge in [-0.25, -0.2) is 0 Å². The van der Waals surface area contributed by atoms with E-state index in [9.17, 15) is 0 Å². The Morgan fingerprint density at radius 2 is 1.49 bits per heavy atom. The Hall–Kier alpha value is -3.63. The van der Waals surface area contributed by atoms with Crippen LogP contribution in [0.25, 0.3) is 35.2 Å². The number of fused-ring (bicyclic) bond motifs is 1. The average Bonchev–Trinajstić information content (AvgIpc) is 3.29. The molecule has 2 aromatic carbocycles. The molecule has 0 saturated carbocycles. The van der Waals surface area contributed by atoms with Crippen molar-refractivity contribution in [3.05, 3.63) is 95.6 Å². The monoisotopic (exact) mass is 467 g/mol. The molecule has 0 bridgehead atoms. The van der Waals surface area contributed by atoms with Crippen LogP contribution in [0, 0.1) is 0 Å². The maximum atomic E-state index is 6.02. The fourth-order valence-electron chi connectivity index (χ4n) is 4.15. The van der Waals surface area contributed by atoms with Gasteiger partial charge >= 0.3 is 0 Å². The average molecular weight is 468 g/mol. The van der Waals surface area contributed by atoms with Crippen molar-refractivity contribution in [1.29, 1.82) is 0 Å². The van der Waals surface area contributed by atoms with Gasteiger partial charge in [-0.2, -0.15) is 4.57 Å². The molecule has 4 rings (SSSR count). The molecule has 0 aliphatic rings. The highest BCUT2D eigenvalue weighted by Gasteiger charge is 2.13. The molecular formula is C31H37N3O+2. The zero-order valence-corrected chi connectivity index (χ0v) is 21.6. The van der Waals surface area contributed by atoms with E-state index in [2.05, 4.69) is 104 Å². The van der Waals surface area contributed by atoms with Crippen LogP contribution >= 0.6 is 0 Å². The molecule has 4 aromatic rings. The van der Waals surface area contributed by atoms with Gasteiger partial charge in [-0.05, 0) is 53.6 Å². The van der Waals surface area contributed by atoms with Crippen LogP contribution in [0.1, 0.15) is 29.1 Å². The van der Waals surface area contributed by atoms with Gasteiger partial charge < -0.3 is 13.8 Å². The SMILES string of the molecule is CN(C)c1ccc(C=Cc2ccc(C=Cc3cc[n+](CCC[N+](C)(C)C)c4ccccc34)o2)cc1. The molecular weight excluding hydrogens is 430 g/mol. The van der Waals surface area contributed by atoms with Crippen LogP contribution in [0.5, 0.6) is 0 Å². The molecule has 4 heteroatoms. The Kier molecular flexibility index (Phi) is 7.52. The van der Waals surface area contributed by atoms with E-state index < -0.39 is 0 Å². The van der Waals surface area contributed by atoms with Crippen molar-refractivity contribution in [2.75, 3.05) is 46.7 Å². The molecule has 0 unspecified atom stereocenters. The predicted octanol–water partition coefficient (Wildman–Crippen LogP) is 6.22. The smallest absolute Gasteiger partial charge is 0.213 e. The van der Waals surface area contributed by atoms with Gasteiger partial charge in [0.05, 0.1) is 39.5 Å². The van der Waals surface area contributed by atoms with E-state index in [1.54, 1.807) is 0 Å². The first-order chi connectivity index (χ1) is 16.8. The Morgan fingerprint density at radius 1 is 0.800 bits per heavy atom. The third-order valence-electron chi connectivity index (χ3n) is 6.11. The summed E-state index contributed by atoms with van der Waals surface area (Å²) in [6.07, 6.45) is 11.6. The van der Waals surface area contributed by atoms with Crippen LogP contribution in [0.15, 0.2) is 77.3 Å². The molecule has 2 aromatic heterocycles. The summed E-state index contributed by atoms with van der Waals surface area (Å²) in [5.41, 5.74) is 4.79. The van der Waals surface area contributed by atoms with Crippen molar-refractivity contribution >= 4 is 40.9 Å². The van der Waals surface area contributed by atoms with E-state index in [1.807, 2.05) is 38.4 Å². The second-order valence-corrected chi connectivity index (χ2v) is 10.2. The van der Waals surface area contributed by atoms with Crippen molar-refractivity contribution in [2.24, 2.45) is 0 Å². The Bertz CT molecular complexity index is 1320. The minimum atomic E-state index is 0.842. The van der Waals surface area contributed by atoms with Gasteiger partial charge in [-0.3, -0.25) is 0 Å². The summed E-state index contributed by atoms with van der Waals surface area (Å²) in [6, 6.07) is 23.3. The number of furan rings is 1. The van der Waals surface area contributed by atoms with Crippen LogP contribution < -0.4 is 9.47 Å². The highest BCUT2D eigenvalue weighted by atomic mass is 16.3. The number of hydrogen-bond donors (Lipinski definition) is 0. The van der Waals surface area contributed by atoms with Gasteiger partial charge in [0, 0.05) is 31.9 Å². The molecule has 0 spiro atoms. The second kappa shape index (κ2) is 10.7. The summed E-state index contributed by atoms with van der Waals surface area (Å²) in [4.78, 5) is 2.10. The third-order valence-corrected chi connectivity index (χ3v) is 6.11. The number of nitrogens with zero attached hydrogens (tertiary/aromatic N) is 3. The number of rotatable bonds is 9. The van der Waals surface area contributed by atoms with E-state index in [4.69, 9.17) is 4.42 Å². The van der Waals surface area contributed by atoms with Crippen molar-refractivity contribution in [2.45, 2.75) is 13.0 Å². The van der Waals surface area contributed by atoms with Gasteiger partial charge in [0.25, 0.3) is 0 Å². The maximum Gasteiger partial charge on any atom is 0.213 e. The first kappa shape index (κ1) is 24.5. The summed E-state index contributed by atoms with van der Waals surface area (Å²) >= 11 is 0. The van der Waals surface area contributed by atoms with Crippen LogP contribution in [-0.4, -0.2) is 46.3 Å². The molecule has 0 aliphatic carbocycles. The lowest BCUT2D eigenvalue weighted by Crippen LogP contribution is -2.40. The number of anilines is 1. The zero-order chi connectivity index (χ0) is 24.8. The van der Waals surface area contributed by atoms with Crippen LogP contribution in [-0.2, 0) is 6.54 Å². The molecule has 0 N–H and O–H groups in total. The standard InChI is InChI=1S/C31H37N3O/c1-32(2)27-15-11-25(12-16-27)13-17-28-19-20-29(35-28)18-14-26-21-23-33(22-8-24-34(3,4)5)31-10-7-6-9-30(26)31/h6-7,9-21,23H,8,22,24H2,1-5H3/q+2. The summed E-state index contributed by atoms with van der Waals surface area (Å²) in [5.74, 6) is 1.69. The van der Waals surface area contributed by atoms with Gasteiger partial charge in [0.15, 0.2) is 12.7 Å². The Morgan fingerprint density at radius 3 is 2.17 bits per heavy atom. The lowest BCUT2D eigenvalue weighted by Gasteiger charge is -2.22. The maximum absolute atomic E-state index is 6.02. The molecule has 4 nitrogen and oxygen atoms in total. The van der Waals surface area contributed by atoms with Gasteiger partial charge in [-0.1, -0.05) is 36.4 Å². The van der Waals surface area contributed by atoms with E-state index in [1.165, 1.54) is 22.2 Å². The Labute approximate surface area is 209 Å². The number of pyridine rings is 1. The number of hydrogen-bond acceptors (Lipinski definition) is 2. The van der Waals surface area contributed by atoms with Crippen LogP contribution in [0.2, 0.25) is 0 Å². The van der Waals surface area contributed by atoms with E-state index in [0.29, 0.717) is 0 Å². The number of quaternary nitrogens is 1. The number of aryl methyl sites for hydroxylation is 1. The molecule has 0 radical (unpaired) electrons. The van der Waals surface area contributed by atoms with Crippen molar-refractivity contribution in [1.82, 2.24) is 0 Å². The van der Waals surface area contributed by atoms with Gasteiger partial charge in [0.2, 0.25) is 5.52 Å². The van der Waals surface area contributed by atoms with Crippen molar-refractivity contribution < 1.29 is 13.5 Å². The van der Waals surface area contributed by atoms with Crippen molar-refractivity contribution in [3.63, 3.8) is 0 Å². The fourth-order valence-corrected chi connectivity index (χ4v) is 4.15. The molecule has 0 fully saturated rings. The molecule has 0 amide bonds. The predicted molar refractivity (Wildman–Crippen MR) is 149 cm³/mol. The number of aromatic nitrogens is 1. The number of benzene rings is 2. The van der Waals surface area contributed by atoms with E-state index in [0.717, 1.165) is 41.1 Å². The normalized spacial score (nSPS) is 12.3. The largest absolute Gasteiger partial charge is 0.457 e. The van der Waals surface area contributed by atoms with Gasteiger partial charge in [-0.15, -0.1) is 0 Å². The minimum Gasteiger partial charge on any atom is -0.457 e. The highest BCUT2D eigenvalue weighted by molar-refractivity contribution is 5.88. The molecule has 0 aliphatic heterocycles. The second-order valence-electron chi connectivity index (χ2n) is 10.2. The molecule has 180 valence electrons. The highest BCUT2D eigenvalue weighted by Crippen LogP contribution is 2.20.